The molecular weight excluding hydrogens is 487 g/mol. The number of hydrogen-bond acceptors (Lipinski definition) is 7. The average Bonchev–Trinajstić information content (AvgIpc) is 3.32. The van der Waals surface area contributed by atoms with Gasteiger partial charge in [0.25, 0.3) is 0 Å². The van der Waals surface area contributed by atoms with Crippen LogP contribution in [0.4, 0.5) is 18.9 Å². The third-order valence-electron chi connectivity index (χ3n) is 7.10. The number of anilines is 1. The SMILES string of the molecule is CCOc1ccc2c(N3CCC(C(=O)N4CCn5c(nnc5C(F)(F)F)C4)C(C)C3)c(C#N)cnc2c1. The number of alkyl halides is 3. The van der Waals surface area contributed by atoms with Crippen molar-refractivity contribution in [2.75, 3.05) is 31.1 Å². The van der Waals surface area contributed by atoms with Gasteiger partial charge in [-0.1, -0.05) is 6.92 Å². The van der Waals surface area contributed by atoms with Gasteiger partial charge in [-0.05, 0) is 31.4 Å². The standard InChI is InChI=1S/C25H26F3N7O2/c1-3-37-17-4-5-19-20(10-17)30-12-16(11-29)22(19)33-7-6-18(15(2)13-33)23(36)34-8-9-35-21(14-34)31-32-24(35)25(26,27)28/h4-5,10,12,15,18H,3,6-9,13-14H2,1-2H3. The normalized spacial score (nSPS) is 20.0. The molecule has 2 aliphatic heterocycles. The van der Waals surface area contributed by atoms with Gasteiger partial charge in [-0.2, -0.15) is 18.4 Å². The molecule has 5 rings (SSSR count). The van der Waals surface area contributed by atoms with Crippen molar-refractivity contribution in [2.24, 2.45) is 11.8 Å². The molecule has 0 bridgehead atoms. The van der Waals surface area contributed by atoms with Crippen molar-refractivity contribution in [1.29, 1.82) is 5.26 Å². The second-order valence-corrected chi connectivity index (χ2v) is 9.41. The predicted molar refractivity (Wildman–Crippen MR) is 128 cm³/mol. The smallest absolute Gasteiger partial charge is 0.451 e. The van der Waals surface area contributed by atoms with Crippen molar-refractivity contribution in [3.8, 4) is 11.8 Å². The van der Waals surface area contributed by atoms with Gasteiger partial charge < -0.3 is 19.1 Å². The highest BCUT2D eigenvalue weighted by atomic mass is 19.4. The van der Waals surface area contributed by atoms with Gasteiger partial charge in [0, 0.05) is 49.7 Å². The summed E-state index contributed by atoms with van der Waals surface area (Å²) in [6.45, 7) is 5.74. The highest BCUT2D eigenvalue weighted by molar-refractivity contribution is 5.95. The van der Waals surface area contributed by atoms with E-state index in [4.69, 9.17) is 4.74 Å². The summed E-state index contributed by atoms with van der Waals surface area (Å²) in [5.74, 6) is -0.583. The fraction of sp³-hybridized carbons (Fsp3) is 0.480. The lowest BCUT2D eigenvalue weighted by atomic mass is 9.85. The number of piperidine rings is 1. The number of amides is 1. The van der Waals surface area contributed by atoms with Crippen LogP contribution in [0.15, 0.2) is 24.4 Å². The number of nitriles is 1. The Morgan fingerprint density at radius 2 is 2.05 bits per heavy atom. The van der Waals surface area contributed by atoms with Crippen molar-refractivity contribution in [2.45, 2.75) is 39.5 Å². The van der Waals surface area contributed by atoms with Gasteiger partial charge in [-0.15, -0.1) is 10.2 Å². The van der Waals surface area contributed by atoms with Crippen molar-refractivity contribution >= 4 is 22.5 Å². The monoisotopic (exact) mass is 513 g/mol. The van der Waals surface area contributed by atoms with Crippen LogP contribution in [-0.2, 0) is 24.1 Å². The molecule has 3 aromatic rings. The number of aromatic nitrogens is 4. The molecule has 12 heteroatoms. The summed E-state index contributed by atoms with van der Waals surface area (Å²) < 4.78 is 46.1. The topological polar surface area (TPSA) is 100 Å². The fourth-order valence-corrected chi connectivity index (χ4v) is 5.34. The molecule has 1 fully saturated rings. The van der Waals surface area contributed by atoms with Crippen LogP contribution in [0.25, 0.3) is 10.9 Å². The molecule has 0 saturated carbocycles. The van der Waals surface area contributed by atoms with Crippen LogP contribution < -0.4 is 9.64 Å². The Labute approximate surface area is 211 Å². The summed E-state index contributed by atoms with van der Waals surface area (Å²) in [6, 6.07) is 7.86. The minimum atomic E-state index is -4.58. The lowest BCUT2D eigenvalue weighted by molar-refractivity contribution is -0.148. The molecule has 0 spiro atoms. The van der Waals surface area contributed by atoms with Gasteiger partial charge in [0.1, 0.15) is 11.8 Å². The molecule has 1 amide bonds. The zero-order valence-corrected chi connectivity index (χ0v) is 20.5. The first-order valence-corrected chi connectivity index (χ1v) is 12.2. The Bertz CT molecular complexity index is 1380. The molecule has 0 aliphatic carbocycles. The zero-order chi connectivity index (χ0) is 26.3. The number of carbonyl (C=O) groups is 1. The first-order valence-electron chi connectivity index (χ1n) is 12.2. The van der Waals surface area contributed by atoms with Gasteiger partial charge in [0.2, 0.25) is 11.7 Å². The molecule has 4 heterocycles. The van der Waals surface area contributed by atoms with E-state index >= 15 is 0 Å². The van der Waals surface area contributed by atoms with Crippen LogP contribution >= 0.6 is 0 Å². The number of hydrogen-bond donors (Lipinski definition) is 0. The number of carbonyl (C=O) groups excluding carboxylic acids is 1. The fourth-order valence-electron chi connectivity index (χ4n) is 5.34. The average molecular weight is 514 g/mol. The van der Waals surface area contributed by atoms with Crippen LogP contribution in [0.2, 0.25) is 0 Å². The molecule has 194 valence electrons. The van der Waals surface area contributed by atoms with Crippen molar-refractivity contribution in [3.05, 3.63) is 41.6 Å². The van der Waals surface area contributed by atoms with Gasteiger partial charge >= 0.3 is 6.18 Å². The molecule has 2 aliphatic rings. The molecule has 2 aromatic heterocycles. The second-order valence-electron chi connectivity index (χ2n) is 9.41. The maximum atomic E-state index is 13.4. The van der Waals surface area contributed by atoms with Crippen LogP contribution in [0.1, 0.15) is 37.5 Å². The third kappa shape index (κ3) is 4.54. The molecule has 2 unspecified atom stereocenters. The molecule has 2 atom stereocenters. The molecule has 9 nitrogen and oxygen atoms in total. The number of halogens is 3. The summed E-state index contributed by atoms with van der Waals surface area (Å²) in [6.07, 6.45) is -2.46. The second kappa shape index (κ2) is 9.53. The van der Waals surface area contributed by atoms with E-state index < -0.39 is 12.0 Å². The summed E-state index contributed by atoms with van der Waals surface area (Å²) in [7, 11) is 0. The van der Waals surface area contributed by atoms with Crippen LogP contribution in [0, 0.1) is 23.2 Å². The molecule has 0 radical (unpaired) electrons. The summed E-state index contributed by atoms with van der Waals surface area (Å²) >= 11 is 0. The maximum Gasteiger partial charge on any atom is 0.451 e. The summed E-state index contributed by atoms with van der Waals surface area (Å²) in [4.78, 5) is 21.5. The summed E-state index contributed by atoms with van der Waals surface area (Å²) in [5, 5.41) is 17.6. The van der Waals surface area contributed by atoms with E-state index in [2.05, 4.69) is 26.2 Å². The van der Waals surface area contributed by atoms with E-state index in [-0.39, 0.29) is 43.2 Å². The molecular formula is C25H26F3N7O2. The van der Waals surface area contributed by atoms with Crippen LogP contribution in [-0.4, -0.2) is 56.8 Å². The Kier molecular flexibility index (Phi) is 6.39. The number of nitrogens with zero attached hydrogens (tertiary/aromatic N) is 7. The Morgan fingerprint density at radius 1 is 1.24 bits per heavy atom. The van der Waals surface area contributed by atoms with Gasteiger partial charge in [-0.25, -0.2) is 0 Å². The van der Waals surface area contributed by atoms with Crippen molar-refractivity contribution < 1.29 is 22.7 Å². The van der Waals surface area contributed by atoms with Crippen LogP contribution in [0.5, 0.6) is 5.75 Å². The van der Waals surface area contributed by atoms with Crippen molar-refractivity contribution in [3.63, 3.8) is 0 Å². The third-order valence-corrected chi connectivity index (χ3v) is 7.10. The zero-order valence-electron chi connectivity index (χ0n) is 20.5. The number of ether oxygens (including phenoxy) is 1. The van der Waals surface area contributed by atoms with E-state index in [1.54, 1.807) is 11.1 Å². The number of benzene rings is 1. The van der Waals surface area contributed by atoms with E-state index in [9.17, 15) is 23.2 Å². The maximum absolute atomic E-state index is 13.4. The van der Waals surface area contributed by atoms with Gasteiger partial charge in [0.05, 0.1) is 29.9 Å². The Balaban J connectivity index is 1.33. The Morgan fingerprint density at radius 3 is 2.76 bits per heavy atom. The number of rotatable bonds is 4. The minimum absolute atomic E-state index is 0.00455. The quantitative estimate of drug-likeness (QED) is 0.525. The Hall–Kier alpha value is -3.88. The molecule has 1 aromatic carbocycles. The number of fused-ring (bicyclic) bond motifs is 2. The predicted octanol–water partition coefficient (Wildman–Crippen LogP) is 3.62. The van der Waals surface area contributed by atoms with E-state index in [0.717, 1.165) is 21.2 Å². The summed E-state index contributed by atoms with van der Waals surface area (Å²) in [5.41, 5.74) is 1.98. The lowest BCUT2D eigenvalue weighted by Crippen LogP contribution is -2.49. The highest BCUT2D eigenvalue weighted by Crippen LogP contribution is 2.36. The molecule has 37 heavy (non-hydrogen) atoms. The number of pyridine rings is 1. The highest BCUT2D eigenvalue weighted by Gasteiger charge is 2.41. The largest absolute Gasteiger partial charge is 0.494 e. The minimum Gasteiger partial charge on any atom is -0.494 e. The van der Waals surface area contributed by atoms with E-state index in [0.29, 0.717) is 37.4 Å². The lowest BCUT2D eigenvalue weighted by Gasteiger charge is -2.40. The molecule has 0 N–H and O–H groups in total. The van der Waals surface area contributed by atoms with Crippen LogP contribution in [0.3, 0.4) is 0 Å². The van der Waals surface area contributed by atoms with Gasteiger partial charge in [0.15, 0.2) is 5.82 Å². The van der Waals surface area contributed by atoms with E-state index in [1.807, 2.05) is 32.0 Å². The van der Waals surface area contributed by atoms with Gasteiger partial charge in [-0.3, -0.25) is 9.78 Å². The first-order chi connectivity index (χ1) is 17.7. The first kappa shape index (κ1) is 24.8. The molecule has 1 saturated heterocycles. The van der Waals surface area contributed by atoms with Crippen molar-refractivity contribution in [1.82, 2.24) is 24.6 Å². The van der Waals surface area contributed by atoms with E-state index in [1.165, 1.54) is 0 Å².